The van der Waals surface area contributed by atoms with Gasteiger partial charge in [0, 0.05) is 6.04 Å². The molecule has 18 heavy (non-hydrogen) atoms. The van der Waals surface area contributed by atoms with Crippen LogP contribution in [0.2, 0.25) is 10.0 Å². The van der Waals surface area contributed by atoms with Gasteiger partial charge in [-0.1, -0.05) is 68.4 Å². The molecule has 102 valence electrons. The normalized spacial score (nSPS) is 14.5. The highest BCUT2D eigenvalue weighted by atomic mass is 35.5. The van der Waals surface area contributed by atoms with E-state index in [1.54, 1.807) is 0 Å². The van der Waals surface area contributed by atoms with Crippen LogP contribution < -0.4 is 5.32 Å². The Balaban J connectivity index is 2.96. The molecule has 1 rings (SSSR count). The minimum atomic E-state index is 0.285. The van der Waals surface area contributed by atoms with Crippen molar-refractivity contribution in [3.8, 4) is 0 Å². The topological polar surface area (TPSA) is 12.0 Å². The molecule has 3 heteroatoms. The van der Waals surface area contributed by atoms with Gasteiger partial charge in [0.1, 0.15) is 0 Å². The number of unbranched alkanes of at least 4 members (excludes halogenated alkanes) is 1. The van der Waals surface area contributed by atoms with Crippen LogP contribution in [0.5, 0.6) is 0 Å². The molecular weight excluding hydrogens is 265 g/mol. The first-order valence-corrected chi connectivity index (χ1v) is 7.52. The fraction of sp³-hybridized carbons (Fsp3) is 0.600. The Hall–Kier alpha value is -0.240. The summed E-state index contributed by atoms with van der Waals surface area (Å²) < 4.78 is 0. The summed E-state index contributed by atoms with van der Waals surface area (Å²) in [6.45, 7) is 4.47. The molecule has 0 aliphatic carbocycles. The Labute approximate surface area is 121 Å². The maximum atomic E-state index is 6.33. The molecule has 0 amide bonds. The molecule has 2 unspecified atom stereocenters. The molecular formula is C15H23Cl2N. The first kappa shape index (κ1) is 15.8. The zero-order valence-corrected chi connectivity index (χ0v) is 13.0. The molecule has 0 aliphatic heterocycles. The predicted molar refractivity (Wildman–Crippen MR) is 81.6 cm³/mol. The molecule has 1 aromatic rings. The summed E-state index contributed by atoms with van der Waals surface area (Å²) in [5.74, 6) is 0.603. The molecule has 0 saturated carbocycles. The lowest BCUT2D eigenvalue weighted by Crippen LogP contribution is -2.25. The number of halogens is 2. The third-order valence-electron chi connectivity index (χ3n) is 3.55. The lowest BCUT2D eigenvalue weighted by Gasteiger charge is -2.27. The van der Waals surface area contributed by atoms with Crippen molar-refractivity contribution < 1.29 is 0 Å². The van der Waals surface area contributed by atoms with Gasteiger partial charge in [0.2, 0.25) is 0 Å². The van der Waals surface area contributed by atoms with Gasteiger partial charge in [-0.15, -0.1) is 0 Å². The summed E-state index contributed by atoms with van der Waals surface area (Å²) >= 11 is 12.4. The van der Waals surface area contributed by atoms with E-state index in [1.165, 1.54) is 19.3 Å². The maximum absolute atomic E-state index is 6.33. The molecule has 0 heterocycles. The predicted octanol–water partition coefficient (Wildman–Crippen LogP) is 5.47. The minimum Gasteiger partial charge on any atom is -0.313 e. The number of hydrogen-bond donors (Lipinski definition) is 1. The van der Waals surface area contributed by atoms with E-state index in [0.29, 0.717) is 16.0 Å². The number of rotatable bonds is 7. The summed E-state index contributed by atoms with van der Waals surface area (Å²) in [5.41, 5.74) is 1.12. The van der Waals surface area contributed by atoms with Gasteiger partial charge in [0.05, 0.1) is 10.0 Å². The smallest absolute Gasteiger partial charge is 0.0640 e. The number of benzene rings is 1. The minimum absolute atomic E-state index is 0.285. The van der Waals surface area contributed by atoms with Crippen molar-refractivity contribution in [2.75, 3.05) is 7.05 Å². The number of nitrogens with one attached hydrogen (secondary N) is 1. The van der Waals surface area contributed by atoms with Gasteiger partial charge in [-0.3, -0.25) is 0 Å². The molecule has 0 fully saturated rings. The highest BCUT2D eigenvalue weighted by Crippen LogP contribution is 2.36. The third-order valence-corrected chi connectivity index (χ3v) is 4.39. The molecule has 1 nitrogen and oxygen atoms in total. The van der Waals surface area contributed by atoms with Crippen LogP contribution >= 0.6 is 23.2 Å². The summed E-state index contributed by atoms with van der Waals surface area (Å²) in [6.07, 6.45) is 4.86. The van der Waals surface area contributed by atoms with E-state index in [2.05, 4.69) is 25.2 Å². The Morgan fingerprint density at radius 3 is 2.50 bits per heavy atom. The summed E-state index contributed by atoms with van der Waals surface area (Å²) in [4.78, 5) is 0. The second kappa shape index (κ2) is 8.04. The van der Waals surface area contributed by atoms with Crippen molar-refractivity contribution in [3.05, 3.63) is 33.8 Å². The molecule has 0 saturated heterocycles. The average molecular weight is 288 g/mol. The van der Waals surface area contributed by atoms with Crippen molar-refractivity contribution in [2.45, 2.75) is 45.6 Å². The van der Waals surface area contributed by atoms with E-state index >= 15 is 0 Å². The number of hydrogen-bond acceptors (Lipinski definition) is 1. The quantitative estimate of drug-likeness (QED) is 0.701. The van der Waals surface area contributed by atoms with Crippen molar-refractivity contribution in [1.82, 2.24) is 5.32 Å². The Morgan fingerprint density at radius 1 is 1.22 bits per heavy atom. The lowest BCUT2D eigenvalue weighted by atomic mass is 9.87. The van der Waals surface area contributed by atoms with Gasteiger partial charge in [0.25, 0.3) is 0 Å². The second-order valence-corrected chi connectivity index (χ2v) is 5.51. The van der Waals surface area contributed by atoms with Crippen molar-refractivity contribution in [1.29, 1.82) is 0 Å². The molecule has 2 atom stereocenters. The molecule has 0 bridgehead atoms. The highest BCUT2D eigenvalue weighted by Gasteiger charge is 2.22. The summed E-state index contributed by atoms with van der Waals surface area (Å²) in [5, 5.41) is 4.73. The van der Waals surface area contributed by atoms with Crippen LogP contribution in [0.4, 0.5) is 0 Å². The van der Waals surface area contributed by atoms with Crippen LogP contribution in [0.1, 0.15) is 51.1 Å². The van der Waals surface area contributed by atoms with E-state index in [9.17, 15) is 0 Å². The third kappa shape index (κ3) is 3.88. The van der Waals surface area contributed by atoms with Gasteiger partial charge < -0.3 is 5.32 Å². The van der Waals surface area contributed by atoms with Crippen LogP contribution in [0, 0.1) is 5.92 Å². The van der Waals surface area contributed by atoms with E-state index < -0.39 is 0 Å². The molecule has 0 spiro atoms. The van der Waals surface area contributed by atoms with Gasteiger partial charge in [-0.05, 0) is 31.0 Å². The standard InChI is InChI=1S/C15H23Cl2N/c1-4-6-8-11(5-2)15(18-3)12-9-7-10-13(16)14(12)17/h7,9-11,15,18H,4-6,8H2,1-3H3. The molecule has 0 aromatic heterocycles. The van der Waals surface area contributed by atoms with Crippen molar-refractivity contribution in [3.63, 3.8) is 0 Å². The van der Waals surface area contributed by atoms with Crippen LogP contribution in [0.15, 0.2) is 18.2 Å². The first-order chi connectivity index (χ1) is 8.65. The van der Waals surface area contributed by atoms with E-state index in [4.69, 9.17) is 23.2 Å². The van der Waals surface area contributed by atoms with Gasteiger partial charge in [-0.25, -0.2) is 0 Å². The maximum Gasteiger partial charge on any atom is 0.0640 e. The zero-order chi connectivity index (χ0) is 13.5. The van der Waals surface area contributed by atoms with Crippen LogP contribution in [-0.4, -0.2) is 7.05 Å². The fourth-order valence-electron chi connectivity index (χ4n) is 2.48. The van der Waals surface area contributed by atoms with Gasteiger partial charge >= 0.3 is 0 Å². The van der Waals surface area contributed by atoms with E-state index in [0.717, 1.165) is 12.0 Å². The first-order valence-electron chi connectivity index (χ1n) is 6.76. The largest absolute Gasteiger partial charge is 0.313 e. The zero-order valence-electron chi connectivity index (χ0n) is 11.5. The Morgan fingerprint density at radius 2 is 1.94 bits per heavy atom. The van der Waals surface area contributed by atoms with Gasteiger partial charge in [0.15, 0.2) is 0 Å². The van der Waals surface area contributed by atoms with E-state index in [1.807, 2.05) is 19.2 Å². The Bertz CT molecular complexity index is 366. The van der Waals surface area contributed by atoms with Crippen molar-refractivity contribution >= 4 is 23.2 Å². The van der Waals surface area contributed by atoms with Crippen molar-refractivity contribution in [2.24, 2.45) is 5.92 Å². The van der Waals surface area contributed by atoms with Crippen LogP contribution in [-0.2, 0) is 0 Å². The van der Waals surface area contributed by atoms with Gasteiger partial charge in [-0.2, -0.15) is 0 Å². The highest BCUT2D eigenvalue weighted by molar-refractivity contribution is 6.42. The van der Waals surface area contributed by atoms with Crippen LogP contribution in [0.25, 0.3) is 0 Å². The molecule has 1 aromatic carbocycles. The van der Waals surface area contributed by atoms with Crippen LogP contribution in [0.3, 0.4) is 0 Å². The molecule has 1 N–H and O–H groups in total. The summed E-state index contributed by atoms with van der Waals surface area (Å²) in [6, 6.07) is 6.17. The van der Waals surface area contributed by atoms with E-state index in [-0.39, 0.29) is 6.04 Å². The molecule has 0 aliphatic rings. The lowest BCUT2D eigenvalue weighted by molar-refractivity contribution is 0.339. The fourth-order valence-corrected chi connectivity index (χ4v) is 2.90. The molecule has 0 radical (unpaired) electrons. The second-order valence-electron chi connectivity index (χ2n) is 4.72. The monoisotopic (exact) mass is 287 g/mol. The Kier molecular flexibility index (Phi) is 7.06. The average Bonchev–Trinajstić information content (AvgIpc) is 2.38. The SMILES string of the molecule is CCCCC(CC)C(NC)c1cccc(Cl)c1Cl. The summed E-state index contributed by atoms with van der Waals surface area (Å²) in [7, 11) is 2.00.